The number of carbonyl (C=O) groups excluding carboxylic acids is 2. The van der Waals surface area contributed by atoms with Crippen molar-refractivity contribution in [3.63, 3.8) is 0 Å². The Morgan fingerprint density at radius 2 is 2.16 bits per heavy atom. The molecule has 1 rings (SSSR count). The summed E-state index contributed by atoms with van der Waals surface area (Å²) in [5, 5.41) is 11.3. The molecule has 7 nitrogen and oxygen atoms in total. The highest BCUT2D eigenvalue weighted by Crippen LogP contribution is 2.08. The van der Waals surface area contributed by atoms with Gasteiger partial charge in [0.15, 0.2) is 0 Å². The molecule has 0 bridgehead atoms. The molecular weight excluding hydrogens is 318 g/mol. The molecule has 1 aromatic rings. The third-order valence-electron chi connectivity index (χ3n) is 2.27. The number of pyridine rings is 1. The van der Waals surface area contributed by atoms with Crippen LogP contribution in [0.15, 0.2) is 22.9 Å². The monoisotopic (exact) mass is 329 g/mol. The van der Waals surface area contributed by atoms with Crippen LogP contribution in [0.3, 0.4) is 0 Å². The van der Waals surface area contributed by atoms with Gasteiger partial charge in [-0.25, -0.2) is 9.78 Å². The highest BCUT2D eigenvalue weighted by Gasteiger charge is 2.21. The molecule has 4 N–H and O–H groups in total. The number of halogens is 1. The van der Waals surface area contributed by atoms with E-state index in [0.29, 0.717) is 4.60 Å². The lowest BCUT2D eigenvalue weighted by Crippen LogP contribution is -2.41. The zero-order chi connectivity index (χ0) is 14.4. The average Bonchev–Trinajstić information content (AvgIpc) is 2.33. The highest BCUT2D eigenvalue weighted by atomic mass is 79.9. The van der Waals surface area contributed by atoms with Crippen molar-refractivity contribution in [1.82, 2.24) is 10.3 Å². The third kappa shape index (κ3) is 5.04. The van der Waals surface area contributed by atoms with Crippen LogP contribution in [0.4, 0.5) is 0 Å². The van der Waals surface area contributed by atoms with Crippen molar-refractivity contribution in [1.29, 1.82) is 0 Å². The number of aromatic nitrogens is 1. The SMILES string of the molecule is NC(=O)CC[C@H](NC(=O)c1ccnc(Br)c1)C(=O)O. The number of aliphatic carboxylic acids is 1. The van der Waals surface area contributed by atoms with E-state index in [2.05, 4.69) is 26.2 Å². The molecule has 0 fully saturated rings. The van der Waals surface area contributed by atoms with Crippen molar-refractivity contribution < 1.29 is 19.5 Å². The number of hydrogen-bond donors (Lipinski definition) is 3. The molecule has 0 saturated heterocycles. The van der Waals surface area contributed by atoms with Gasteiger partial charge in [-0.2, -0.15) is 0 Å². The third-order valence-corrected chi connectivity index (χ3v) is 2.71. The second kappa shape index (κ2) is 6.83. The number of nitrogens with one attached hydrogen (secondary N) is 1. The van der Waals surface area contributed by atoms with Crippen molar-refractivity contribution in [2.75, 3.05) is 0 Å². The molecule has 0 aromatic carbocycles. The summed E-state index contributed by atoms with van der Waals surface area (Å²) in [5.74, 6) is -2.39. The Labute approximate surface area is 117 Å². The Balaban J connectivity index is 2.71. The minimum atomic E-state index is -1.22. The summed E-state index contributed by atoms with van der Waals surface area (Å²) in [6, 6.07) is 1.75. The van der Waals surface area contributed by atoms with E-state index in [-0.39, 0.29) is 18.4 Å². The smallest absolute Gasteiger partial charge is 0.326 e. The molecule has 1 atom stereocenters. The van der Waals surface area contributed by atoms with Crippen LogP contribution in [-0.4, -0.2) is 33.9 Å². The molecule has 0 aliphatic heterocycles. The van der Waals surface area contributed by atoms with Gasteiger partial charge >= 0.3 is 5.97 Å². The van der Waals surface area contributed by atoms with Gasteiger partial charge in [0.2, 0.25) is 5.91 Å². The van der Waals surface area contributed by atoms with Gasteiger partial charge in [-0.3, -0.25) is 9.59 Å². The van der Waals surface area contributed by atoms with Gasteiger partial charge < -0.3 is 16.2 Å². The minimum absolute atomic E-state index is 0.0529. The molecule has 0 aliphatic rings. The van der Waals surface area contributed by atoms with Gasteiger partial charge in [-0.05, 0) is 34.5 Å². The van der Waals surface area contributed by atoms with Gasteiger partial charge in [0.25, 0.3) is 5.91 Å². The molecule has 0 saturated carbocycles. The molecule has 8 heteroatoms. The fraction of sp³-hybridized carbons (Fsp3) is 0.273. The summed E-state index contributed by atoms with van der Waals surface area (Å²) in [6.07, 6.45) is 1.25. The zero-order valence-corrected chi connectivity index (χ0v) is 11.4. The van der Waals surface area contributed by atoms with Crippen LogP contribution >= 0.6 is 15.9 Å². The predicted molar refractivity (Wildman–Crippen MR) is 69.3 cm³/mol. The molecule has 19 heavy (non-hydrogen) atoms. The second-order valence-electron chi connectivity index (χ2n) is 3.74. The number of rotatable bonds is 6. The Morgan fingerprint density at radius 3 is 2.68 bits per heavy atom. The van der Waals surface area contributed by atoms with E-state index in [1.54, 1.807) is 0 Å². The van der Waals surface area contributed by atoms with Gasteiger partial charge in [-0.1, -0.05) is 0 Å². The zero-order valence-electron chi connectivity index (χ0n) is 9.80. The lowest BCUT2D eigenvalue weighted by molar-refractivity contribution is -0.139. The first-order chi connectivity index (χ1) is 8.90. The Hall–Kier alpha value is -1.96. The van der Waals surface area contributed by atoms with E-state index in [1.165, 1.54) is 18.3 Å². The van der Waals surface area contributed by atoms with E-state index >= 15 is 0 Å². The molecule has 0 aliphatic carbocycles. The standard InChI is InChI=1S/C11H12BrN3O4/c12-8-5-6(3-4-14-8)10(17)15-7(11(18)19)1-2-9(13)16/h3-5,7H,1-2H2,(H2,13,16)(H,15,17)(H,18,19)/t7-/m0/s1. The van der Waals surface area contributed by atoms with E-state index in [4.69, 9.17) is 10.8 Å². The van der Waals surface area contributed by atoms with Crippen LogP contribution < -0.4 is 11.1 Å². The largest absolute Gasteiger partial charge is 0.480 e. The normalized spacial score (nSPS) is 11.6. The van der Waals surface area contributed by atoms with Crippen LogP contribution in [0.1, 0.15) is 23.2 Å². The quantitative estimate of drug-likeness (QED) is 0.647. The van der Waals surface area contributed by atoms with E-state index in [9.17, 15) is 14.4 Å². The molecule has 102 valence electrons. The molecular formula is C11H12BrN3O4. The summed E-state index contributed by atoms with van der Waals surface area (Å²) >= 11 is 3.11. The summed E-state index contributed by atoms with van der Waals surface area (Å²) in [4.78, 5) is 37.3. The molecule has 2 amide bonds. The van der Waals surface area contributed by atoms with Gasteiger partial charge in [0, 0.05) is 18.2 Å². The first-order valence-corrected chi connectivity index (χ1v) is 6.13. The van der Waals surface area contributed by atoms with Crippen molar-refractivity contribution in [3.8, 4) is 0 Å². The molecule has 1 aromatic heterocycles. The first kappa shape index (κ1) is 15.1. The topological polar surface area (TPSA) is 122 Å². The minimum Gasteiger partial charge on any atom is -0.480 e. The van der Waals surface area contributed by atoms with E-state index in [0.717, 1.165) is 0 Å². The Bertz CT molecular complexity index is 506. The van der Waals surface area contributed by atoms with Gasteiger partial charge in [-0.15, -0.1) is 0 Å². The molecule has 0 radical (unpaired) electrons. The van der Waals surface area contributed by atoms with Crippen LogP contribution in [-0.2, 0) is 9.59 Å². The Kier molecular flexibility index (Phi) is 5.43. The van der Waals surface area contributed by atoms with Crippen LogP contribution in [0.2, 0.25) is 0 Å². The fourth-order valence-electron chi connectivity index (χ4n) is 1.33. The fourth-order valence-corrected chi connectivity index (χ4v) is 1.69. The van der Waals surface area contributed by atoms with E-state index in [1.807, 2.05) is 0 Å². The lowest BCUT2D eigenvalue weighted by Gasteiger charge is -2.13. The summed E-state index contributed by atoms with van der Waals surface area (Å²) in [7, 11) is 0. The average molecular weight is 330 g/mol. The van der Waals surface area contributed by atoms with Crippen molar-refractivity contribution in [2.24, 2.45) is 5.73 Å². The number of nitrogens with two attached hydrogens (primary N) is 1. The number of primary amides is 1. The maximum atomic E-state index is 11.8. The maximum absolute atomic E-state index is 11.8. The van der Waals surface area contributed by atoms with Crippen LogP contribution in [0.5, 0.6) is 0 Å². The number of carboxylic acids is 1. The van der Waals surface area contributed by atoms with Crippen LogP contribution in [0.25, 0.3) is 0 Å². The summed E-state index contributed by atoms with van der Waals surface area (Å²) < 4.78 is 0.462. The number of carboxylic acid groups (broad SMARTS) is 1. The highest BCUT2D eigenvalue weighted by molar-refractivity contribution is 9.10. The number of nitrogens with zero attached hydrogens (tertiary/aromatic N) is 1. The summed E-state index contributed by atoms with van der Waals surface area (Å²) in [5.41, 5.74) is 5.21. The van der Waals surface area contributed by atoms with Gasteiger partial charge in [0.05, 0.1) is 0 Å². The number of amides is 2. The molecule has 0 unspecified atom stereocenters. The molecule has 0 spiro atoms. The predicted octanol–water partition coefficient (Wildman–Crippen LogP) is 0.293. The summed E-state index contributed by atoms with van der Waals surface area (Å²) in [6.45, 7) is 0. The maximum Gasteiger partial charge on any atom is 0.326 e. The number of hydrogen-bond acceptors (Lipinski definition) is 4. The van der Waals surface area contributed by atoms with Crippen molar-refractivity contribution in [2.45, 2.75) is 18.9 Å². The van der Waals surface area contributed by atoms with Crippen molar-refractivity contribution in [3.05, 3.63) is 28.5 Å². The van der Waals surface area contributed by atoms with Crippen LogP contribution in [0, 0.1) is 0 Å². The lowest BCUT2D eigenvalue weighted by atomic mass is 10.1. The molecule has 1 heterocycles. The van der Waals surface area contributed by atoms with Gasteiger partial charge in [0.1, 0.15) is 10.6 Å². The van der Waals surface area contributed by atoms with E-state index < -0.39 is 23.8 Å². The first-order valence-electron chi connectivity index (χ1n) is 5.33. The Morgan fingerprint density at radius 1 is 1.47 bits per heavy atom. The van der Waals surface area contributed by atoms with Crippen molar-refractivity contribution >= 4 is 33.7 Å². The number of carbonyl (C=O) groups is 3. The second-order valence-corrected chi connectivity index (χ2v) is 4.55.